The van der Waals surface area contributed by atoms with Crippen molar-refractivity contribution >= 4 is 23.9 Å². The third-order valence-corrected chi connectivity index (χ3v) is 13.6. The molecule has 0 aromatic rings. The first-order valence-corrected chi connectivity index (χ1v) is 31.2. The van der Waals surface area contributed by atoms with E-state index in [1.165, 1.54) is 77.0 Å². The molecule has 1 aliphatic heterocycles. The lowest BCUT2D eigenvalue weighted by Gasteiger charge is -2.40. The van der Waals surface area contributed by atoms with E-state index in [1.807, 2.05) is 12.2 Å². The van der Waals surface area contributed by atoms with Gasteiger partial charge in [0.1, 0.15) is 18.8 Å². The molecule has 0 spiro atoms. The highest BCUT2D eigenvalue weighted by Gasteiger charge is 2.50. The minimum atomic E-state index is -1.93. The van der Waals surface area contributed by atoms with E-state index in [9.17, 15) is 34.5 Å². The molecule has 1 saturated heterocycles. The zero-order chi connectivity index (χ0) is 57.5. The summed E-state index contributed by atoms with van der Waals surface area (Å²) >= 11 is 0. The van der Waals surface area contributed by atoms with Crippen molar-refractivity contribution in [1.29, 1.82) is 0 Å². The molecule has 0 aromatic heterocycles. The first kappa shape index (κ1) is 72.7. The molecular weight excluding hydrogens is 997 g/mol. The smallest absolute Gasteiger partial charge is 0.335 e. The van der Waals surface area contributed by atoms with E-state index < -0.39 is 67.3 Å². The van der Waals surface area contributed by atoms with Gasteiger partial charge in [-0.15, -0.1) is 0 Å². The average molecular weight is 1110 g/mol. The van der Waals surface area contributed by atoms with Crippen molar-refractivity contribution in [2.75, 3.05) is 13.2 Å². The standard InChI is InChI=1S/C67H110O12/c1-4-7-10-13-16-19-22-25-28-30-33-35-38-41-44-47-50-53-59(68)75-56-58(77-60(69)54-51-48-45-42-39-36-32-27-24-21-18-15-12-9-6-3)57-76-67-65(63(72)62(71)64(79-67)66(73)74)78-61(70)55-52-49-46-43-40-37-34-31-29-26-23-20-17-14-11-8-5-2/h8,11,17-18,20-21,25-29,32,34,37,43,46,58,62-65,67,71-72H,4-7,9-10,12-16,19,22-24,30-31,33,35-36,38-42,44-45,47-57H2,1-3H3,(H,73,74)/b11-8-,20-17-,21-18-,28-25-,29-26-,32-27-,37-34-,46-43-. The maximum absolute atomic E-state index is 13.2. The number of carbonyl (C=O) groups excluding carboxylic acids is 3. The molecule has 1 aliphatic rings. The Bertz CT molecular complexity index is 1740. The van der Waals surface area contributed by atoms with Gasteiger partial charge in [-0.3, -0.25) is 14.4 Å². The van der Waals surface area contributed by atoms with Crippen LogP contribution in [0, 0.1) is 0 Å². The summed E-state index contributed by atoms with van der Waals surface area (Å²) in [5, 5.41) is 31.5. The monoisotopic (exact) mass is 1110 g/mol. The Morgan fingerprint density at radius 1 is 0.430 bits per heavy atom. The van der Waals surface area contributed by atoms with Gasteiger partial charge in [-0.1, -0.05) is 214 Å². The van der Waals surface area contributed by atoms with Gasteiger partial charge in [0.05, 0.1) is 6.61 Å². The van der Waals surface area contributed by atoms with Crippen LogP contribution in [-0.4, -0.2) is 89.2 Å². The summed E-state index contributed by atoms with van der Waals surface area (Å²) in [6.45, 7) is 5.82. The lowest BCUT2D eigenvalue weighted by molar-refractivity contribution is -0.301. The summed E-state index contributed by atoms with van der Waals surface area (Å²) in [5.41, 5.74) is 0. The highest BCUT2D eigenvalue weighted by Crippen LogP contribution is 2.26. The van der Waals surface area contributed by atoms with Crippen LogP contribution in [0.1, 0.15) is 252 Å². The number of carbonyl (C=O) groups is 4. The minimum absolute atomic E-state index is 0.0235. The second kappa shape index (κ2) is 54.2. The van der Waals surface area contributed by atoms with E-state index in [0.717, 1.165) is 109 Å². The number of hydrogen-bond donors (Lipinski definition) is 3. The van der Waals surface area contributed by atoms with E-state index >= 15 is 0 Å². The fraction of sp³-hybridized carbons (Fsp3) is 0.701. The summed E-state index contributed by atoms with van der Waals surface area (Å²) in [6, 6.07) is 0. The van der Waals surface area contributed by atoms with E-state index in [1.54, 1.807) is 0 Å². The van der Waals surface area contributed by atoms with Crippen molar-refractivity contribution in [2.45, 2.75) is 289 Å². The van der Waals surface area contributed by atoms with Crippen molar-refractivity contribution in [3.05, 3.63) is 97.2 Å². The van der Waals surface area contributed by atoms with Gasteiger partial charge in [-0.05, 0) is 116 Å². The highest BCUT2D eigenvalue weighted by atomic mass is 16.7. The molecule has 0 aliphatic carbocycles. The molecule has 12 heteroatoms. The van der Waals surface area contributed by atoms with Crippen LogP contribution in [0.15, 0.2) is 97.2 Å². The molecule has 79 heavy (non-hydrogen) atoms. The van der Waals surface area contributed by atoms with Crippen molar-refractivity contribution in [2.24, 2.45) is 0 Å². The van der Waals surface area contributed by atoms with Crippen LogP contribution in [0.2, 0.25) is 0 Å². The quantitative estimate of drug-likeness (QED) is 0.0228. The molecular formula is C67H110O12. The Kier molecular flexibility index (Phi) is 49.9. The number of hydrogen-bond acceptors (Lipinski definition) is 11. The Morgan fingerprint density at radius 3 is 1.29 bits per heavy atom. The van der Waals surface area contributed by atoms with Crippen LogP contribution in [-0.2, 0) is 42.9 Å². The lowest BCUT2D eigenvalue weighted by Crippen LogP contribution is -2.61. The largest absolute Gasteiger partial charge is 0.479 e. The summed E-state index contributed by atoms with van der Waals surface area (Å²) in [5.74, 6) is -3.22. The summed E-state index contributed by atoms with van der Waals surface area (Å²) in [4.78, 5) is 51.2. The van der Waals surface area contributed by atoms with Gasteiger partial charge < -0.3 is 39.0 Å². The minimum Gasteiger partial charge on any atom is -0.479 e. The predicted octanol–water partition coefficient (Wildman–Crippen LogP) is 16.5. The average Bonchev–Trinajstić information content (AvgIpc) is 3.43. The third kappa shape index (κ3) is 44.0. The Balaban J connectivity index is 2.72. The zero-order valence-electron chi connectivity index (χ0n) is 49.6. The SMILES string of the molecule is CC/C=C\C/C=C\C/C=C\C/C=C\C/C=C\CCCC(=O)OC1C(OCC(COC(=O)CCCCCCCCC/C=C\CCCCCCCC)OC(=O)CCCCCCC/C=C\C/C=C\CCCCC)OC(C(=O)O)C(O)C1O. The number of esters is 3. The molecule has 1 heterocycles. The van der Waals surface area contributed by atoms with Crippen molar-refractivity contribution in [3.8, 4) is 0 Å². The van der Waals surface area contributed by atoms with Crippen LogP contribution >= 0.6 is 0 Å². The Labute approximate surface area is 479 Å². The van der Waals surface area contributed by atoms with Crippen LogP contribution in [0.25, 0.3) is 0 Å². The third-order valence-electron chi connectivity index (χ3n) is 13.6. The molecule has 6 unspecified atom stereocenters. The van der Waals surface area contributed by atoms with Gasteiger partial charge in [0.25, 0.3) is 0 Å². The second-order valence-electron chi connectivity index (χ2n) is 20.9. The van der Waals surface area contributed by atoms with Crippen LogP contribution < -0.4 is 0 Å². The van der Waals surface area contributed by atoms with Crippen LogP contribution in [0.4, 0.5) is 0 Å². The van der Waals surface area contributed by atoms with Gasteiger partial charge in [-0.2, -0.15) is 0 Å². The molecule has 450 valence electrons. The lowest BCUT2D eigenvalue weighted by atomic mass is 9.98. The van der Waals surface area contributed by atoms with E-state index in [-0.39, 0.29) is 25.9 Å². The fourth-order valence-corrected chi connectivity index (χ4v) is 8.84. The maximum Gasteiger partial charge on any atom is 0.335 e. The normalized spacial score (nSPS) is 18.5. The molecule has 0 radical (unpaired) electrons. The van der Waals surface area contributed by atoms with Crippen molar-refractivity contribution in [3.63, 3.8) is 0 Å². The molecule has 0 aromatic carbocycles. The number of ether oxygens (including phenoxy) is 5. The summed E-state index contributed by atoms with van der Waals surface area (Å²) in [7, 11) is 0. The first-order chi connectivity index (χ1) is 38.6. The van der Waals surface area contributed by atoms with Crippen LogP contribution in [0.3, 0.4) is 0 Å². The number of aliphatic hydroxyl groups excluding tert-OH is 2. The number of allylic oxidation sites excluding steroid dienone is 16. The second-order valence-corrected chi connectivity index (χ2v) is 20.9. The number of carboxylic acid groups (broad SMARTS) is 1. The maximum atomic E-state index is 13.2. The Hall–Kier alpha value is -4.36. The molecule has 1 rings (SSSR count). The van der Waals surface area contributed by atoms with Crippen molar-refractivity contribution in [1.82, 2.24) is 0 Å². The topological polar surface area (TPSA) is 175 Å². The predicted molar refractivity (Wildman–Crippen MR) is 321 cm³/mol. The number of unbranched alkanes of at least 4 members (excludes halogenated alkanes) is 22. The first-order valence-electron chi connectivity index (χ1n) is 31.2. The molecule has 0 bridgehead atoms. The van der Waals surface area contributed by atoms with E-state index in [4.69, 9.17) is 23.7 Å². The molecule has 12 nitrogen and oxygen atoms in total. The number of aliphatic hydroxyl groups is 2. The van der Waals surface area contributed by atoms with Gasteiger partial charge >= 0.3 is 23.9 Å². The molecule has 1 fully saturated rings. The molecule has 0 saturated carbocycles. The van der Waals surface area contributed by atoms with Gasteiger partial charge in [0.15, 0.2) is 24.6 Å². The molecule has 3 N–H and O–H groups in total. The summed E-state index contributed by atoms with van der Waals surface area (Å²) < 4.78 is 28.4. The van der Waals surface area contributed by atoms with E-state index in [0.29, 0.717) is 25.7 Å². The zero-order valence-corrected chi connectivity index (χ0v) is 49.6. The van der Waals surface area contributed by atoms with Crippen molar-refractivity contribution < 1.29 is 58.2 Å². The number of carboxylic acids is 1. The number of aliphatic carboxylic acids is 1. The molecule has 0 amide bonds. The van der Waals surface area contributed by atoms with Crippen LogP contribution in [0.5, 0.6) is 0 Å². The molecule has 6 atom stereocenters. The summed E-state index contributed by atoms with van der Waals surface area (Å²) in [6.07, 6.45) is 59.4. The van der Waals surface area contributed by atoms with E-state index in [2.05, 4.69) is 106 Å². The van der Waals surface area contributed by atoms with Gasteiger partial charge in [0.2, 0.25) is 0 Å². The Morgan fingerprint density at radius 2 is 0.810 bits per heavy atom. The van der Waals surface area contributed by atoms with Gasteiger partial charge in [0, 0.05) is 19.3 Å². The highest BCUT2D eigenvalue weighted by molar-refractivity contribution is 5.74. The van der Waals surface area contributed by atoms with Gasteiger partial charge in [-0.25, -0.2) is 4.79 Å². The number of rotatable bonds is 52. The fourth-order valence-electron chi connectivity index (χ4n) is 8.84.